The van der Waals surface area contributed by atoms with Crippen molar-refractivity contribution in [2.75, 3.05) is 0 Å². The molecule has 2 N–H and O–H groups in total. The summed E-state index contributed by atoms with van der Waals surface area (Å²) in [4.78, 5) is 10.6. The van der Waals surface area contributed by atoms with Gasteiger partial charge in [-0.2, -0.15) is 0 Å². The van der Waals surface area contributed by atoms with Crippen molar-refractivity contribution >= 4 is 5.97 Å². The highest BCUT2D eigenvalue weighted by Crippen LogP contribution is 2.55. The molecule has 158 valence electrons. The van der Waals surface area contributed by atoms with E-state index in [-0.39, 0.29) is 42.2 Å². The first-order valence-electron chi connectivity index (χ1n) is 10.9. The third-order valence-electron chi connectivity index (χ3n) is 6.65. The number of carbonyl (C=O) groups is 1. The van der Waals surface area contributed by atoms with Gasteiger partial charge in [0.15, 0.2) is 0 Å². The topological polar surface area (TPSA) is 79.3 Å². The molecule has 0 aromatic carbocycles. The third-order valence-corrected chi connectivity index (χ3v) is 6.65. The predicted octanol–water partition coefficient (Wildman–Crippen LogP) is 4.10. The van der Waals surface area contributed by atoms with Crippen LogP contribution in [0.2, 0.25) is 0 Å². The molecule has 0 amide bonds. The zero-order valence-electron chi connectivity index (χ0n) is 17.4. The highest BCUT2D eigenvalue weighted by molar-refractivity contribution is 5.66. The van der Waals surface area contributed by atoms with Crippen LogP contribution in [0.15, 0.2) is 24.3 Å². The minimum Gasteiger partial charge on any atom is -0.481 e. The van der Waals surface area contributed by atoms with Crippen molar-refractivity contribution in [3.63, 3.8) is 0 Å². The maximum absolute atomic E-state index is 10.7. The van der Waals surface area contributed by atoms with Crippen molar-refractivity contribution in [2.24, 2.45) is 17.3 Å². The highest BCUT2D eigenvalue weighted by Gasteiger charge is 2.68. The van der Waals surface area contributed by atoms with Crippen LogP contribution in [0.1, 0.15) is 65.7 Å². The standard InChI is InChI=1S/C23H36O5/c1-4-5-14-23(2,3)17(24)13-12-16-15(10-8-6-7-9-11-18(25)26)19-21-22(28-21)20(16)27-19/h6,8,12-13,15-17,19-22,24H,4-5,7,9-11,14H2,1-3H3,(H,25,26)/b8-6-,13-12+/t15?,16?,17-,19?,20?,21?,22?/m1/s1. The van der Waals surface area contributed by atoms with Gasteiger partial charge in [-0.25, -0.2) is 0 Å². The molecule has 0 aromatic heterocycles. The maximum atomic E-state index is 10.7. The number of fused-ring (bicyclic) bond motifs is 5. The van der Waals surface area contributed by atoms with Gasteiger partial charge >= 0.3 is 5.97 Å². The van der Waals surface area contributed by atoms with E-state index in [1.807, 2.05) is 6.08 Å². The quantitative estimate of drug-likeness (QED) is 0.297. The number of ether oxygens (including phenoxy) is 2. The van der Waals surface area contributed by atoms with Gasteiger partial charge in [-0.1, -0.05) is 57.9 Å². The fraction of sp³-hybridized carbons (Fsp3) is 0.783. The molecule has 7 atom stereocenters. The van der Waals surface area contributed by atoms with Crippen LogP contribution in [-0.4, -0.2) is 46.7 Å². The largest absolute Gasteiger partial charge is 0.481 e. The molecular formula is C23H36O5. The Kier molecular flexibility index (Phi) is 7.00. The second kappa shape index (κ2) is 9.10. The Morgan fingerprint density at radius 2 is 1.82 bits per heavy atom. The molecular weight excluding hydrogens is 356 g/mol. The number of carboxylic acid groups (broad SMARTS) is 1. The van der Waals surface area contributed by atoms with Crippen molar-refractivity contribution in [3.05, 3.63) is 24.3 Å². The molecule has 3 heterocycles. The van der Waals surface area contributed by atoms with Crippen LogP contribution in [0.3, 0.4) is 0 Å². The summed E-state index contributed by atoms with van der Waals surface area (Å²) in [5, 5.41) is 19.4. The van der Waals surface area contributed by atoms with Crippen LogP contribution in [0, 0.1) is 17.3 Å². The van der Waals surface area contributed by atoms with Gasteiger partial charge in [0.05, 0.1) is 18.3 Å². The lowest BCUT2D eigenvalue weighted by atomic mass is 9.76. The zero-order chi connectivity index (χ0) is 20.3. The smallest absolute Gasteiger partial charge is 0.303 e. The van der Waals surface area contributed by atoms with Crippen molar-refractivity contribution in [2.45, 2.75) is 96.2 Å². The molecule has 3 rings (SSSR count). The number of allylic oxidation sites excluding steroid dienone is 2. The number of aliphatic hydroxyl groups is 1. The van der Waals surface area contributed by atoms with Crippen LogP contribution in [-0.2, 0) is 14.3 Å². The highest BCUT2D eigenvalue weighted by atomic mass is 16.7. The fourth-order valence-corrected chi connectivity index (χ4v) is 4.68. The first kappa shape index (κ1) is 21.5. The Hall–Kier alpha value is -1.17. The number of rotatable bonds is 12. The average Bonchev–Trinajstić information content (AvgIpc) is 3.28. The molecule has 0 aromatic rings. The lowest BCUT2D eigenvalue weighted by molar-refractivity contribution is -0.137. The second-order valence-corrected chi connectivity index (χ2v) is 9.29. The number of hydrogen-bond donors (Lipinski definition) is 2. The van der Waals surface area contributed by atoms with Crippen molar-refractivity contribution in [3.8, 4) is 0 Å². The molecule has 5 heteroatoms. The number of hydrogen-bond acceptors (Lipinski definition) is 4. The Balaban J connectivity index is 1.56. The molecule has 6 unspecified atom stereocenters. The van der Waals surface area contributed by atoms with Gasteiger partial charge in [-0.05, 0) is 31.1 Å². The first-order valence-corrected chi connectivity index (χ1v) is 10.9. The monoisotopic (exact) mass is 392 g/mol. The van der Waals surface area contributed by atoms with Gasteiger partial charge in [0.1, 0.15) is 12.2 Å². The van der Waals surface area contributed by atoms with Gasteiger partial charge in [-0.15, -0.1) is 0 Å². The molecule has 0 aliphatic carbocycles. The van der Waals surface area contributed by atoms with E-state index >= 15 is 0 Å². The maximum Gasteiger partial charge on any atom is 0.303 e. The molecule has 0 radical (unpaired) electrons. The molecule has 3 aliphatic rings. The molecule has 3 aliphatic heterocycles. The molecule has 28 heavy (non-hydrogen) atoms. The summed E-state index contributed by atoms with van der Waals surface area (Å²) in [6.45, 7) is 6.44. The van der Waals surface area contributed by atoms with Crippen molar-refractivity contribution < 1.29 is 24.5 Å². The van der Waals surface area contributed by atoms with E-state index in [0.29, 0.717) is 12.3 Å². The Morgan fingerprint density at radius 1 is 1.11 bits per heavy atom. The molecule has 3 saturated heterocycles. The molecule has 2 bridgehead atoms. The van der Waals surface area contributed by atoms with Gasteiger partial charge in [-0.3, -0.25) is 4.79 Å². The van der Waals surface area contributed by atoms with Gasteiger partial charge < -0.3 is 19.7 Å². The first-order chi connectivity index (χ1) is 13.3. The average molecular weight is 393 g/mol. The van der Waals surface area contributed by atoms with Gasteiger partial charge in [0.2, 0.25) is 0 Å². The van der Waals surface area contributed by atoms with E-state index in [9.17, 15) is 9.90 Å². The fourth-order valence-electron chi connectivity index (χ4n) is 4.68. The van der Waals surface area contributed by atoms with E-state index < -0.39 is 12.1 Å². The summed E-state index contributed by atoms with van der Waals surface area (Å²) in [5.74, 6) is -0.0989. The minimum absolute atomic E-state index is 0.114. The Bertz CT molecular complexity index is 596. The Morgan fingerprint density at radius 3 is 2.54 bits per heavy atom. The van der Waals surface area contributed by atoms with E-state index in [1.54, 1.807) is 0 Å². The van der Waals surface area contributed by atoms with Crippen LogP contribution in [0.5, 0.6) is 0 Å². The second-order valence-electron chi connectivity index (χ2n) is 9.29. The molecule has 3 fully saturated rings. The summed E-state index contributed by atoms with van der Waals surface area (Å²) in [7, 11) is 0. The van der Waals surface area contributed by atoms with E-state index in [4.69, 9.17) is 14.6 Å². The Labute approximate surface area is 168 Å². The number of aliphatic carboxylic acids is 1. The lowest BCUT2D eigenvalue weighted by Gasteiger charge is -2.29. The number of aliphatic hydroxyl groups excluding tert-OH is 1. The summed E-state index contributed by atoms with van der Waals surface area (Å²) in [5.41, 5.74) is -0.122. The number of epoxide rings is 1. The SMILES string of the molecule is CCCCC(C)(C)[C@H](O)/C=C/C1C(C/C=C\CCCC(=O)O)C2OC1C1OC21. The van der Waals surface area contributed by atoms with Gasteiger partial charge in [0.25, 0.3) is 0 Å². The van der Waals surface area contributed by atoms with Crippen LogP contribution in [0.4, 0.5) is 0 Å². The number of unbranched alkanes of at least 4 members (excludes halogenated alkanes) is 2. The van der Waals surface area contributed by atoms with E-state index in [0.717, 1.165) is 32.1 Å². The lowest BCUT2D eigenvalue weighted by Crippen LogP contribution is -2.32. The predicted molar refractivity (Wildman–Crippen MR) is 108 cm³/mol. The molecule has 0 saturated carbocycles. The molecule has 5 nitrogen and oxygen atoms in total. The van der Waals surface area contributed by atoms with E-state index in [1.165, 1.54) is 0 Å². The van der Waals surface area contributed by atoms with Crippen LogP contribution >= 0.6 is 0 Å². The van der Waals surface area contributed by atoms with Crippen LogP contribution < -0.4 is 0 Å². The number of carboxylic acids is 1. The summed E-state index contributed by atoms with van der Waals surface area (Å²) < 4.78 is 12.0. The minimum atomic E-state index is -0.738. The molecule has 0 spiro atoms. The third kappa shape index (κ3) is 4.87. The van der Waals surface area contributed by atoms with Crippen LogP contribution in [0.25, 0.3) is 0 Å². The van der Waals surface area contributed by atoms with E-state index in [2.05, 4.69) is 39.0 Å². The van der Waals surface area contributed by atoms with Crippen molar-refractivity contribution in [1.82, 2.24) is 0 Å². The summed E-state index contributed by atoms with van der Waals surface area (Å²) in [6, 6.07) is 0. The zero-order valence-corrected chi connectivity index (χ0v) is 17.4. The van der Waals surface area contributed by atoms with Crippen molar-refractivity contribution in [1.29, 1.82) is 0 Å². The van der Waals surface area contributed by atoms with Gasteiger partial charge in [0, 0.05) is 18.3 Å². The summed E-state index contributed by atoms with van der Waals surface area (Å²) in [6.07, 6.45) is 14.6. The summed E-state index contributed by atoms with van der Waals surface area (Å²) >= 11 is 0. The normalized spacial score (nSPS) is 35.0.